The third kappa shape index (κ3) is 0.956. The second-order valence-corrected chi connectivity index (χ2v) is 3.55. The summed E-state index contributed by atoms with van der Waals surface area (Å²) >= 11 is 0. The van der Waals surface area contributed by atoms with E-state index >= 15 is 0 Å². The van der Waals surface area contributed by atoms with Crippen molar-refractivity contribution in [3.05, 3.63) is 0 Å². The van der Waals surface area contributed by atoms with E-state index in [4.69, 9.17) is 5.73 Å². The molecule has 0 saturated carbocycles. The maximum atomic E-state index is 5.98. The maximum Gasteiger partial charge on any atom is 0.0247 e. The molecule has 2 aliphatic rings. The Balaban J connectivity index is 2.03. The van der Waals surface area contributed by atoms with Crippen LogP contribution in [-0.4, -0.2) is 30.1 Å². The molecule has 0 bridgehead atoms. The first-order valence-electron chi connectivity index (χ1n) is 4.37. The molecule has 2 atom stereocenters. The van der Waals surface area contributed by atoms with Crippen molar-refractivity contribution in [3.8, 4) is 0 Å². The average Bonchev–Trinajstić information content (AvgIpc) is 2.36. The van der Waals surface area contributed by atoms with Gasteiger partial charge in [-0.25, -0.2) is 0 Å². The summed E-state index contributed by atoms with van der Waals surface area (Å²) in [5, 5.41) is 0. The Morgan fingerprint density at radius 2 is 1.80 bits per heavy atom. The highest BCUT2D eigenvalue weighted by molar-refractivity contribution is 4.90. The van der Waals surface area contributed by atoms with Crippen LogP contribution in [0.5, 0.6) is 0 Å². The zero-order valence-electron chi connectivity index (χ0n) is 6.42. The highest BCUT2D eigenvalue weighted by Gasteiger charge is 2.31. The first-order chi connectivity index (χ1) is 4.88. The summed E-state index contributed by atoms with van der Waals surface area (Å²) in [5.74, 6) is 0. The van der Waals surface area contributed by atoms with E-state index in [1.807, 2.05) is 0 Å². The van der Waals surface area contributed by atoms with Crippen LogP contribution >= 0.6 is 0 Å². The first kappa shape index (κ1) is 6.62. The standard InChI is InChI=1S/C8H16N2/c9-7-3-1-5-10-6-2-4-8(7)10/h7-8H,1-6,9H2. The van der Waals surface area contributed by atoms with Crippen molar-refractivity contribution in [3.63, 3.8) is 0 Å². The van der Waals surface area contributed by atoms with Gasteiger partial charge in [-0.2, -0.15) is 0 Å². The Hall–Kier alpha value is -0.0800. The highest BCUT2D eigenvalue weighted by Crippen LogP contribution is 2.25. The molecule has 2 aliphatic heterocycles. The maximum absolute atomic E-state index is 5.98. The highest BCUT2D eigenvalue weighted by atomic mass is 15.2. The van der Waals surface area contributed by atoms with Gasteiger partial charge in [-0.1, -0.05) is 0 Å². The van der Waals surface area contributed by atoms with Gasteiger partial charge in [0.25, 0.3) is 0 Å². The molecule has 0 radical (unpaired) electrons. The number of hydrogen-bond acceptors (Lipinski definition) is 2. The van der Waals surface area contributed by atoms with Crippen molar-refractivity contribution in [2.75, 3.05) is 13.1 Å². The fourth-order valence-electron chi connectivity index (χ4n) is 2.34. The van der Waals surface area contributed by atoms with Gasteiger partial charge in [0.1, 0.15) is 0 Å². The summed E-state index contributed by atoms with van der Waals surface area (Å²) in [7, 11) is 0. The topological polar surface area (TPSA) is 29.3 Å². The summed E-state index contributed by atoms with van der Waals surface area (Å²) < 4.78 is 0. The molecule has 0 aromatic rings. The number of rotatable bonds is 0. The Morgan fingerprint density at radius 1 is 1.10 bits per heavy atom. The molecule has 0 spiro atoms. The summed E-state index contributed by atoms with van der Waals surface area (Å²) in [6, 6.07) is 1.23. The number of fused-ring (bicyclic) bond motifs is 1. The predicted octanol–water partition coefficient (Wildman–Crippen LogP) is 0.572. The van der Waals surface area contributed by atoms with E-state index in [-0.39, 0.29) is 0 Å². The minimum absolute atomic E-state index is 0.483. The minimum atomic E-state index is 0.483. The minimum Gasteiger partial charge on any atom is -0.326 e. The van der Waals surface area contributed by atoms with Gasteiger partial charge in [0.05, 0.1) is 0 Å². The molecule has 0 amide bonds. The molecule has 0 aromatic carbocycles. The molecule has 2 heterocycles. The van der Waals surface area contributed by atoms with E-state index in [9.17, 15) is 0 Å². The van der Waals surface area contributed by atoms with E-state index in [0.29, 0.717) is 6.04 Å². The van der Waals surface area contributed by atoms with Gasteiger partial charge in [-0.05, 0) is 38.8 Å². The van der Waals surface area contributed by atoms with E-state index in [0.717, 1.165) is 6.04 Å². The molecular formula is C8H16N2. The van der Waals surface area contributed by atoms with E-state index in [1.54, 1.807) is 0 Å². The van der Waals surface area contributed by atoms with Crippen LogP contribution in [0.4, 0.5) is 0 Å². The molecule has 2 nitrogen and oxygen atoms in total. The van der Waals surface area contributed by atoms with Crippen molar-refractivity contribution in [2.24, 2.45) is 5.73 Å². The molecule has 2 heteroatoms. The Kier molecular flexibility index (Phi) is 1.66. The molecule has 0 aromatic heterocycles. The normalized spacial score (nSPS) is 41.7. The average molecular weight is 140 g/mol. The van der Waals surface area contributed by atoms with Crippen LogP contribution in [-0.2, 0) is 0 Å². The van der Waals surface area contributed by atoms with Crippen LogP contribution in [0, 0.1) is 0 Å². The van der Waals surface area contributed by atoms with Crippen LogP contribution in [0.3, 0.4) is 0 Å². The number of hydrogen-bond donors (Lipinski definition) is 1. The Bertz CT molecular complexity index is 124. The predicted molar refractivity (Wildman–Crippen MR) is 41.8 cm³/mol. The van der Waals surface area contributed by atoms with Crippen molar-refractivity contribution >= 4 is 0 Å². The second kappa shape index (κ2) is 2.51. The SMILES string of the molecule is NC1CCCN2CCCC12. The monoisotopic (exact) mass is 140 g/mol. The Labute approximate surface area is 62.4 Å². The molecule has 2 fully saturated rings. The zero-order valence-corrected chi connectivity index (χ0v) is 6.42. The molecule has 2 saturated heterocycles. The van der Waals surface area contributed by atoms with E-state index < -0.39 is 0 Å². The van der Waals surface area contributed by atoms with Crippen LogP contribution in [0.2, 0.25) is 0 Å². The summed E-state index contributed by atoms with van der Waals surface area (Å²) in [4.78, 5) is 2.56. The lowest BCUT2D eigenvalue weighted by Crippen LogP contribution is -2.48. The van der Waals surface area contributed by atoms with Crippen molar-refractivity contribution < 1.29 is 0 Å². The van der Waals surface area contributed by atoms with Gasteiger partial charge in [0.15, 0.2) is 0 Å². The summed E-state index contributed by atoms with van der Waals surface area (Å²) in [5.41, 5.74) is 5.98. The van der Waals surface area contributed by atoms with Crippen LogP contribution < -0.4 is 5.73 Å². The third-order valence-corrected chi connectivity index (χ3v) is 2.89. The molecule has 2 rings (SSSR count). The molecule has 0 aliphatic carbocycles. The van der Waals surface area contributed by atoms with E-state index in [1.165, 1.54) is 38.8 Å². The van der Waals surface area contributed by atoms with Crippen LogP contribution in [0.15, 0.2) is 0 Å². The zero-order chi connectivity index (χ0) is 6.97. The fraction of sp³-hybridized carbons (Fsp3) is 1.00. The smallest absolute Gasteiger partial charge is 0.0247 e. The van der Waals surface area contributed by atoms with E-state index in [2.05, 4.69) is 4.90 Å². The summed E-state index contributed by atoms with van der Waals surface area (Å²) in [6.45, 7) is 2.61. The molecule has 2 N–H and O–H groups in total. The van der Waals surface area contributed by atoms with Gasteiger partial charge in [-0.15, -0.1) is 0 Å². The van der Waals surface area contributed by atoms with Gasteiger partial charge in [-0.3, -0.25) is 4.90 Å². The molecular weight excluding hydrogens is 124 g/mol. The number of piperidine rings is 1. The second-order valence-electron chi connectivity index (χ2n) is 3.55. The molecule has 2 unspecified atom stereocenters. The van der Waals surface area contributed by atoms with Crippen LogP contribution in [0.25, 0.3) is 0 Å². The van der Waals surface area contributed by atoms with Crippen molar-refractivity contribution in [1.29, 1.82) is 0 Å². The van der Waals surface area contributed by atoms with Crippen LogP contribution in [0.1, 0.15) is 25.7 Å². The fourth-order valence-corrected chi connectivity index (χ4v) is 2.34. The Morgan fingerprint density at radius 3 is 2.50 bits per heavy atom. The van der Waals surface area contributed by atoms with Crippen molar-refractivity contribution in [2.45, 2.75) is 37.8 Å². The largest absolute Gasteiger partial charge is 0.326 e. The van der Waals surface area contributed by atoms with Gasteiger partial charge in [0, 0.05) is 12.1 Å². The number of nitrogens with two attached hydrogens (primary N) is 1. The van der Waals surface area contributed by atoms with Gasteiger partial charge in [0.2, 0.25) is 0 Å². The lowest BCUT2D eigenvalue weighted by molar-refractivity contribution is 0.174. The molecule has 58 valence electrons. The van der Waals surface area contributed by atoms with Gasteiger partial charge < -0.3 is 5.73 Å². The summed E-state index contributed by atoms with van der Waals surface area (Å²) in [6.07, 6.45) is 5.29. The lowest BCUT2D eigenvalue weighted by atomic mass is 9.98. The van der Waals surface area contributed by atoms with Crippen molar-refractivity contribution in [1.82, 2.24) is 4.90 Å². The third-order valence-electron chi connectivity index (χ3n) is 2.89. The molecule has 10 heavy (non-hydrogen) atoms. The lowest BCUT2D eigenvalue weighted by Gasteiger charge is -2.34. The van der Waals surface area contributed by atoms with Gasteiger partial charge >= 0.3 is 0 Å². The first-order valence-corrected chi connectivity index (χ1v) is 4.37. The number of nitrogens with zero attached hydrogens (tertiary/aromatic N) is 1. The quantitative estimate of drug-likeness (QED) is 0.533.